The summed E-state index contributed by atoms with van der Waals surface area (Å²) in [6.45, 7) is 3.54. The standard InChI is InChI=1S/C15H20FNO3S/c1-15(2,12-6-4-7-12)14(18)17-21(19,20)10-11-5-3-8-13(16)9-11/h3,5,8-9,12H,4,6-7,10H2,1-2H3,(H,17,18). The molecule has 1 aromatic rings. The highest BCUT2D eigenvalue weighted by Crippen LogP contribution is 2.41. The normalized spacial score (nSPS) is 16.3. The third-order valence-corrected chi connectivity index (χ3v) is 5.41. The van der Waals surface area contributed by atoms with Crippen molar-refractivity contribution in [2.24, 2.45) is 11.3 Å². The molecule has 0 unspecified atom stereocenters. The molecule has 116 valence electrons. The molecule has 1 saturated carbocycles. The molecule has 1 aliphatic carbocycles. The van der Waals surface area contributed by atoms with Crippen LogP contribution in [0.15, 0.2) is 24.3 Å². The molecule has 0 aliphatic heterocycles. The summed E-state index contributed by atoms with van der Waals surface area (Å²) in [5.41, 5.74) is -0.385. The molecule has 1 aromatic carbocycles. The van der Waals surface area contributed by atoms with Gasteiger partial charge in [0, 0.05) is 5.41 Å². The first-order valence-electron chi connectivity index (χ1n) is 7.00. The van der Waals surface area contributed by atoms with Gasteiger partial charge in [0.15, 0.2) is 0 Å². The summed E-state index contributed by atoms with van der Waals surface area (Å²) >= 11 is 0. The molecular formula is C15H20FNO3S. The summed E-state index contributed by atoms with van der Waals surface area (Å²) in [5, 5.41) is 0. The van der Waals surface area contributed by atoms with Crippen molar-refractivity contribution < 1.29 is 17.6 Å². The number of carbonyl (C=O) groups is 1. The van der Waals surface area contributed by atoms with Crippen LogP contribution in [0, 0.1) is 17.2 Å². The van der Waals surface area contributed by atoms with Crippen molar-refractivity contribution in [3.05, 3.63) is 35.6 Å². The molecule has 1 aliphatic rings. The first kappa shape index (κ1) is 15.9. The minimum atomic E-state index is -3.82. The fraction of sp³-hybridized carbons (Fsp3) is 0.533. The zero-order valence-corrected chi connectivity index (χ0v) is 13.0. The Morgan fingerprint density at radius 1 is 1.38 bits per heavy atom. The minimum absolute atomic E-state index is 0.224. The summed E-state index contributed by atoms with van der Waals surface area (Å²) < 4.78 is 39.3. The van der Waals surface area contributed by atoms with E-state index in [1.807, 2.05) is 0 Å². The summed E-state index contributed by atoms with van der Waals surface area (Å²) in [6, 6.07) is 5.36. The van der Waals surface area contributed by atoms with E-state index in [-0.39, 0.29) is 5.92 Å². The average Bonchev–Trinajstić information content (AvgIpc) is 2.23. The van der Waals surface area contributed by atoms with Crippen LogP contribution in [0.25, 0.3) is 0 Å². The fourth-order valence-corrected chi connectivity index (χ4v) is 3.71. The second-order valence-electron chi connectivity index (χ2n) is 6.17. The number of nitrogens with one attached hydrogen (secondary N) is 1. The van der Waals surface area contributed by atoms with E-state index in [1.165, 1.54) is 18.2 Å². The maximum absolute atomic E-state index is 13.1. The Morgan fingerprint density at radius 2 is 2.05 bits per heavy atom. The zero-order chi connectivity index (χ0) is 15.7. The molecule has 0 aromatic heterocycles. The lowest BCUT2D eigenvalue weighted by molar-refractivity contribution is -0.132. The Balaban J connectivity index is 2.05. The van der Waals surface area contributed by atoms with Crippen LogP contribution in [-0.4, -0.2) is 14.3 Å². The number of halogens is 1. The maximum Gasteiger partial charge on any atom is 0.239 e. The highest BCUT2D eigenvalue weighted by Gasteiger charge is 2.41. The van der Waals surface area contributed by atoms with E-state index in [0.29, 0.717) is 5.56 Å². The van der Waals surface area contributed by atoms with Crippen LogP contribution in [0.3, 0.4) is 0 Å². The van der Waals surface area contributed by atoms with Gasteiger partial charge in [-0.25, -0.2) is 12.8 Å². The molecule has 4 nitrogen and oxygen atoms in total. The SMILES string of the molecule is CC(C)(C(=O)NS(=O)(=O)Cc1cccc(F)c1)C1CCC1. The molecule has 2 rings (SSSR count). The molecule has 0 radical (unpaired) electrons. The number of rotatable bonds is 5. The van der Waals surface area contributed by atoms with Crippen LogP contribution < -0.4 is 4.72 Å². The Kier molecular flexibility index (Phi) is 4.37. The molecule has 1 N–H and O–H groups in total. The molecule has 0 saturated heterocycles. The largest absolute Gasteiger partial charge is 0.273 e. The number of amides is 1. The Morgan fingerprint density at radius 3 is 2.57 bits per heavy atom. The second-order valence-corrected chi connectivity index (χ2v) is 7.89. The quantitative estimate of drug-likeness (QED) is 0.909. The van der Waals surface area contributed by atoms with Gasteiger partial charge in [0.1, 0.15) is 5.82 Å². The Hall–Kier alpha value is -1.43. The number of carbonyl (C=O) groups excluding carboxylic acids is 1. The van der Waals surface area contributed by atoms with Gasteiger partial charge in [-0.05, 0) is 36.5 Å². The van der Waals surface area contributed by atoms with Crippen molar-refractivity contribution in [3.8, 4) is 0 Å². The summed E-state index contributed by atoms with van der Waals surface area (Å²) in [6.07, 6.45) is 2.98. The molecule has 0 spiro atoms. The third kappa shape index (κ3) is 3.81. The Labute approximate surface area is 124 Å². The van der Waals surface area contributed by atoms with E-state index in [0.717, 1.165) is 25.3 Å². The van der Waals surface area contributed by atoms with Crippen LogP contribution in [0.5, 0.6) is 0 Å². The maximum atomic E-state index is 13.1. The summed E-state index contributed by atoms with van der Waals surface area (Å²) in [4.78, 5) is 12.2. The second kappa shape index (κ2) is 5.75. The molecule has 1 amide bonds. The minimum Gasteiger partial charge on any atom is -0.273 e. The molecule has 1 fully saturated rings. The van der Waals surface area contributed by atoms with Gasteiger partial charge in [-0.2, -0.15) is 0 Å². The molecule has 6 heteroatoms. The van der Waals surface area contributed by atoms with Crippen molar-refractivity contribution in [1.29, 1.82) is 0 Å². The third-order valence-electron chi connectivity index (χ3n) is 4.20. The van der Waals surface area contributed by atoms with Crippen molar-refractivity contribution in [2.45, 2.75) is 38.9 Å². The topological polar surface area (TPSA) is 63.2 Å². The molecule has 0 atom stereocenters. The van der Waals surface area contributed by atoms with E-state index < -0.39 is 32.9 Å². The van der Waals surface area contributed by atoms with Crippen molar-refractivity contribution in [2.75, 3.05) is 0 Å². The zero-order valence-electron chi connectivity index (χ0n) is 12.2. The number of hydrogen-bond donors (Lipinski definition) is 1. The smallest absolute Gasteiger partial charge is 0.239 e. The summed E-state index contributed by atoms with van der Waals surface area (Å²) in [5.74, 6) is -1.16. The van der Waals surface area contributed by atoms with Gasteiger partial charge in [-0.1, -0.05) is 32.4 Å². The monoisotopic (exact) mass is 313 g/mol. The average molecular weight is 313 g/mol. The molecular weight excluding hydrogens is 293 g/mol. The predicted octanol–water partition coefficient (Wildman–Crippen LogP) is 2.60. The van der Waals surface area contributed by atoms with Crippen molar-refractivity contribution in [1.82, 2.24) is 4.72 Å². The number of sulfonamides is 1. The van der Waals surface area contributed by atoms with Gasteiger partial charge >= 0.3 is 0 Å². The van der Waals surface area contributed by atoms with E-state index in [4.69, 9.17) is 0 Å². The van der Waals surface area contributed by atoms with Gasteiger partial charge in [-0.15, -0.1) is 0 Å². The van der Waals surface area contributed by atoms with Crippen molar-refractivity contribution >= 4 is 15.9 Å². The predicted molar refractivity (Wildman–Crippen MR) is 78.3 cm³/mol. The van der Waals surface area contributed by atoms with Gasteiger partial charge < -0.3 is 0 Å². The van der Waals surface area contributed by atoms with E-state index >= 15 is 0 Å². The van der Waals surface area contributed by atoms with Crippen LogP contribution in [-0.2, 0) is 20.6 Å². The van der Waals surface area contributed by atoms with E-state index in [1.54, 1.807) is 13.8 Å². The van der Waals surface area contributed by atoms with Gasteiger partial charge in [0.2, 0.25) is 15.9 Å². The van der Waals surface area contributed by atoms with Crippen molar-refractivity contribution in [3.63, 3.8) is 0 Å². The Bertz CT molecular complexity index is 636. The summed E-state index contributed by atoms with van der Waals surface area (Å²) in [7, 11) is -3.82. The van der Waals surface area contributed by atoms with Crippen LogP contribution in [0.1, 0.15) is 38.7 Å². The number of hydrogen-bond acceptors (Lipinski definition) is 3. The first-order chi connectivity index (χ1) is 9.71. The first-order valence-corrected chi connectivity index (χ1v) is 8.65. The lowest BCUT2D eigenvalue weighted by atomic mass is 9.67. The van der Waals surface area contributed by atoms with E-state index in [9.17, 15) is 17.6 Å². The molecule has 0 heterocycles. The van der Waals surface area contributed by atoms with Crippen LogP contribution >= 0.6 is 0 Å². The van der Waals surface area contributed by atoms with Crippen LogP contribution in [0.4, 0.5) is 4.39 Å². The lowest BCUT2D eigenvalue weighted by Gasteiger charge is -2.38. The van der Waals surface area contributed by atoms with Crippen LogP contribution in [0.2, 0.25) is 0 Å². The van der Waals surface area contributed by atoms with Gasteiger partial charge in [0.25, 0.3) is 0 Å². The lowest BCUT2D eigenvalue weighted by Crippen LogP contribution is -2.46. The fourth-order valence-electron chi connectivity index (χ4n) is 2.47. The highest BCUT2D eigenvalue weighted by molar-refractivity contribution is 7.89. The molecule has 0 bridgehead atoms. The van der Waals surface area contributed by atoms with Gasteiger partial charge in [-0.3, -0.25) is 9.52 Å². The number of benzene rings is 1. The highest BCUT2D eigenvalue weighted by atomic mass is 32.2. The van der Waals surface area contributed by atoms with E-state index in [2.05, 4.69) is 4.72 Å². The molecule has 21 heavy (non-hydrogen) atoms. The van der Waals surface area contributed by atoms with Gasteiger partial charge in [0.05, 0.1) is 5.75 Å².